The lowest BCUT2D eigenvalue weighted by Gasteiger charge is -2.16. The Morgan fingerprint density at radius 3 is 2.82 bits per heavy atom. The van der Waals surface area contributed by atoms with Crippen LogP contribution in [0.2, 0.25) is 0 Å². The summed E-state index contributed by atoms with van der Waals surface area (Å²) in [5.41, 5.74) is 2.17. The van der Waals surface area contributed by atoms with Gasteiger partial charge in [-0.1, -0.05) is 49.9 Å². The van der Waals surface area contributed by atoms with Crippen LogP contribution < -0.4 is 0 Å². The lowest BCUT2D eigenvalue weighted by atomic mass is 9.95. The highest BCUT2D eigenvalue weighted by atomic mass is 16.5. The van der Waals surface area contributed by atoms with Crippen molar-refractivity contribution in [1.29, 1.82) is 0 Å². The van der Waals surface area contributed by atoms with E-state index in [4.69, 9.17) is 4.74 Å². The Morgan fingerprint density at radius 2 is 2.12 bits per heavy atom. The van der Waals surface area contributed by atoms with E-state index in [9.17, 15) is 5.11 Å². The zero-order valence-corrected chi connectivity index (χ0v) is 10.6. The molecule has 1 fully saturated rings. The van der Waals surface area contributed by atoms with Crippen LogP contribution in [0.1, 0.15) is 49.3 Å². The maximum absolute atomic E-state index is 10.2. The summed E-state index contributed by atoms with van der Waals surface area (Å²) < 4.78 is 5.11. The SMILES string of the molecule is COCc1cccc(C(O)CC2CCCC2)c1. The van der Waals surface area contributed by atoms with Crippen molar-refractivity contribution in [2.75, 3.05) is 7.11 Å². The highest BCUT2D eigenvalue weighted by Crippen LogP contribution is 2.33. The highest BCUT2D eigenvalue weighted by Gasteiger charge is 2.19. The Morgan fingerprint density at radius 1 is 1.35 bits per heavy atom. The molecule has 0 radical (unpaired) electrons. The molecular formula is C15H22O2. The van der Waals surface area contributed by atoms with Crippen molar-refractivity contribution < 1.29 is 9.84 Å². The van der Waals surface area contributed by atoms with E-state index in [-0.39, 0.29) is 6.10 Å². The van der Waals surface area contributed by atoms with Gasteiger partial charge in [0.2, 0.25) is 0 Å². The average Bonchev–Trinajstić information content (AvgIpc) is 2.83. The molecule has 1 aromatic rings. The summed E-state index contributed by atoms with van der Waals surface area (Å²) in [5.74, 6) is 0.719. The molecule has 2 heteroatoms. The van der Waals surface area contributed by atoms with Crippen molar-refractivity contribution in [2.45, 2.75) is 44.8 Å². The first-order valence-corrected chi connectivity index (χ1v) is 6.55. The molecule has 1 aliphatic carbocycles. The Bertz CT molecular complexity index is 343. The molecule has 1 atom stereocenters. The number of aliphatic hydroxyl groups excluding tert-OH is 1. The van der Waals surface area contributed by atoms with Crippen molar-refractivity contribution in [3.05, 3.63) is 35.4 Å². The van der Waals surface area contributed by atoms with Crippen LogP contribution in [0, 0.1) is 5.92 Å². The van der Waals surface area contributed by atoms with Gasteiger partial charge in [0.05, 0.1) is 12.7 Å². The van der Waals surface area contributed by atoms with Gasteiger partial charge >= 0.3 is 0 Å². The van der Waals surface area contributed by atoms with Gasteiger partial charge < -0.3 is 9.84 Å². The van der Waals surface area contributed by atoms with Gasteiger partial charge in [0.15, 0.2) is 0 Å². The summed E-state index contributed by atoms with van der Waals surface area (Å²) in [6.45, 7) is 0.615. The van der Waals surface area contributed by atoms with Crippen LogP contribution in [0.3, 0.4) is 0 Å². The molecule has 0 amide bonds. The molecule has 1 saturated carbocycles. The maximum Gasteiger partial charge on any atom is 0.0792 e. The van der Waals surface area contributed by atoms with E-state index >= 15 is 0 Å². The number of benzene rings is 1. The summed E-state index contributed by atoms with van der Waals surface area (Å²) >= 11 is 0. The molecule has 0 saturated heterocycles. The smallest absolute Gasteiger partial charge is 0.0792 e. The van der Waals surface area contributed by atoms with Crippen LogP contribution in [0.5, 0.6) is 0 Å². The minimum atomic E-state index is -0.310. The summed E-state index contributed by atoms with van der Waals surface area (Å²) in [4.78, 5) is 0. The van der Waals surface area contributed by atoms with Crippen molar-refractivity contribution in [1.82, 2.24) is 0 Å². The number of ether oxygens (including phenoxy) is 1. The zero-order chi connectivity index (χ0) is 12.1. The van der Waals surface area contributed by atoms with E-state index in [0.29, 0.717) is 6.61 Å². The van der Waals surface area contributed by atoms with Crippen molar-refractivity contribution in [2.24, 2.45) is 5.92 Å². The van der Waals surface area contributed by atoms with Gasteiger partial charge in [0.1, 0.15) is 0 Å². The molecule has 0 aliphatic heterocycles. The molecule has 2 nitrogen and oxygen atoms in total. The summed E-state index contributed by atoms with van der Waals surface area (Å²) in [5, 5.41) is 10.2. The predicted octanol–water partition coefficient (Wildman–Crippen LogP) is 3.45. The quantitative estimate of drug-likeness (QED) is 0.845. The first-order valence-electron chi connectivity index (χ1n) is 6.55. The second kappa shape index (κ2) is 6.18. The fourth-order valence-electron chi connectivity index (χ4n) is 2.75. The predicted molar refractivity (Wildman–Crippen MR) is 68.7 cm³/mol. The van der Waals surface area contributed by atoms with Crippen LogP contribution in [-0.4, -0.2) is 12.2 Å². The van der Waals surface area contributed by atoms with Crippen LogP contribution in [0.25, 0.3) is 0 Å². The normalized spacial score (nSPS) is 18.5. The number of aliphatic hydroxyl groups is 1. The fourth-order valence-corrected chi connectivity index (χ4v) is 2.75. The molecule has 1 aromatic carbocycles. The second-order valence-corrected chi connectivity index (χ2v) is 5.08. The van der Waals surface area contributed by atoms with Crippen molar-refractivity contribution >= 4 is 0 Å². The molecule has 0 spiro atoms. The molecular weight excluding hydrogens is 212 g/mol. The Balaban J connectivity index is 1.97. The number of hydrogen-bond donors (Lipinski definition) is 1. The zero-order valence-electron chi connectivity index (χ0n) is 10.6. The topological polar surface area (TPSA) is 29.5 Å². The summed E-state index contributed by atoms with van der Waals surface area (Å²) in [7, 11) is 1.70. The van der Waals surface area contributed by atoms with Crippen LogP contribution >= 0.6 is 0 Å². The van der Waals surface area contributed by atoms with Gasteiger partial charge in [-0.3, -0.25) is 0 Å². The minimum absolute atomic E-state index is 0.310. The number of rotatable bonds is 5. The molecule has 0 bridgehead atoms. The molecule has 94 valence electrons. The summed E-state index contributed by atoms with van der Waals surface area (Å²) in [6, 6.07) is 8.11. The van der Waals surface area contributed by atoms with Gasteiger partial charge in [-0.15, -0.1) is 0 Å². The monoisotopic (exact) mass is 234 g/mol. The van der Waals surface area contributed by atoms with Gasteiger partial charge in [-0.2, -0.15) is 0 Å². The molecule has 0 aromatic heterocycles. The Kier molecular flexibility index (Phi) is 4.57. The van der Waals surface area contributed by atoms with E-state index in [2.05, 4.69) is 6.07 Å². The lowest BCUT2D eigenvalue weighted by molar-refractivity contribution is 0.144. The molecule has 17 heavy (non-hydrogen) atoms. The van der Waals surface area contributed by atoms with Crippen molar-refractivity contribution in [3.8, 4) is 0 Å². The molecule has 1 N–H and O–H groups in total. The molecule has 1 unspecified atom stereocenters. The van der Waals surface area contributed by atoms with E-state index in [0.717, 1.165) is 23.5 Å². The third-order valence-corrected chi connectivity index (χ3v) is 3.68. The number of methoxy groups -OCH3 is 1. The summed E-state index contributed by atoms with van der Waals surface area (Å²) in [6.07, 6.45) is 5.84. The molecule has 1 aliphatic rings. The van der Waals surface area contributed by atoms with Gasteiger partial charge in [-0.05, 0) is 23.5 Å². The largest absolute Gasteiger partial charge is 0.388 e. The van der Waals surface area contributed by atoms with Crippen LogP contribution in [-0.2, 0) is 11.3 Å². The fraction of sp³-hybridized carbons (Fsp3) is 0.600. The highest BCUT2D eigenvalue weighted by molar-refractivity contribution is 5.24. The third kappa shape index (κ3) is 3.55. The second-order valence-electron chi connectivity index (χ2n) is 5.08. The Hall–Kier alpha value is -0.860. The first-order chi connectivity index (χ1) is 8.29. The molecule has 2 rings (SSSR count). The van der Waals surface area contributed by atoms with Gasteiger partial charge in [0.25, 0.3) is 0 Å². The van der Waals surface area contributed by atoms with Gasteiger partial charge in [0, 0.05) is 7.11 Å². The van der Waals surface area contributed by atoms with Crippen LogP contribution in [0.4, 0.5) is 0 Å². The first kappa shape index (κ1) is 12.6. The van der Waals surface area contributed by atoms with E-state index in [1.165, 1.54) is 25.7 Å². The van der Waals surface area contributed by atoms with Crippen LogP contribution in [0.15, 0.2) is 24.3 Å². The number of hydrogen-bond acceptors (Lipinski definition) is 2. The van der Waals surface area contributed by atoms with E-state index in [1.807, 2.05) is 18.2 Å². The Labute approximate surface area is 104 Å². The maximum atomic E-state index is 10.2. The van der Waals surface area contributed by atoms with E-state index < -0.39 is 0 Å². The van der Waals surface area contributed by atoms with Gasteiger partial charge in [-0.25, -0.2) is 0 Å². The van der Waals surface area contributed by atoms with E-state index in [1.54, 1.807) is 7.11 Å². The lowest BCUT2D eigenvalue weighted by Crippen LogP contribution is -2.04. The molecule has 0 heterocycles. The van der Waals surface area contributed by atoms with Crippen molar-refractivity contribution in [3.63, 3.8) is 0 Å². The average molecular weight is 234 g/mol. The third-order valence-electron chi connectivity index (χ3n) is 3.68. The minimum Gasteiger partial charge on any atom is -0.388 e. The standard InChI is InChI=1S/C15H22O2/c1-17-11-13-7-4-8-14(9-13)15(16)10-12-5-2-3-6-12/h4,7-9,12,15-16H,2-3,5-6,10-11H2,1H3.